The minimum Gasteiger partial charge on any atom is -0.395 e. The number of para-hydroxylation sites is 1. The number of nitrogens with zero attached hydrogens (tertiary/aromatic N) is 3. The molecule has 0 aliphatic rings. The van der Waals surface area contributed by atoms with Crippen LogP contribution >= 0.6 is 0 Å². The smallest absolute Gasteiger partial charge is 0.256 e. The number of carbonyl (C=O) groups is 1. The van der Waals surface area contributed by atoms with Gasteiger partial charge in [-0.05, 0) is 12.1 Å². The maximum absolute atomic E-state index is 11.9. The molecule has 1 heterocycles. The molecule has 1 amide bonds. The molecule has 0 atom stereocenters. The Hall–Kier alpha value is -2.14. The number of likely N-dealkylation sites (N-methyl/N-ethyl adjacent to an activating group) is 1. The van der Waals surface area contributed by atoms with Crippen molar-refractivity contribution < 1.29 is 9.90 Å². The average Bonchev–Trinajstić information content (AvgIpc) is 2.89. The van der Waals surface area contributed by atoms with E-state index in [0.717, 1.165) is 5.69 Å². The molecule has 2 aromatic rings. The van der Waals surface area contributed by atoms with Gasteiger partial charge < -0.3 is 10.0 Å². The van der Waals surface area contributed by atoms with Crippen molar-refractivity contribution >= 4 is 5.91 Å². The third-order valence-electron chi connectivity index (χ3n) is 2.63. The molecule has 1 N–H and O–H groups in total. The molecule has 0 unspecified atom stereocenters. The van der Waals surface area contributed by atoms with E-state index in [2.05, 4.69) is 5.10 Å². The van der Waals surface area contributed by atoms with E-state index in [0.29, 0.717) is 12.1 Å². The van der Waals surface area contributed by atoms with Crippen LogP contribution in [0.15, 0.2) is 42.7 Å². The number of aliphatic hydroxyl groups excluding tert-OH is 1. The first-order chi connectivity index (χ1) is 8.72. The number of rotatable bonds is 4. The van der Waals surface area contributed by atoms with Gasteiger partial charge in [-0.15, -0.1) is 0 Å². The van der Waals surface area contributed by atoms with Crippen molar-refractivity contribution in [3.05, 3.63) is 48.3 Å². The Bertz CT molecular complexity index is 522. The summed E-state index contributed by atoms with van der Waals surface area (Å²) in [6.45, 7) is 0.268. The van der Waals surface area contributed by atoms with Crippen LogP contribution in [0.5, 0.6) is 0 Å². The number of hydrogen-bond acceptors (Lipinski definition) is 3. The molecule has 0 spiro atoms. The van der Waals surface area contributed by atoms with Gasteiger partial charge in [0.2, 0.25) is 0 Å². The summed E-state index contributed by atoms with van der Waals surface area (Å²) < 4.78 is 1.65. The second-order valence-electron chi connectivity index (χ2n) is 3.96. The number of carbonyl (C=O) groups excluding carboxylic acids is 1. The van der Waals surface area contributed by atoms with E-state index in [1.54, 1.807) is 17.9 Å². The molecule has 18 heavy (non-hydrogen) atoms. The second-order valence-corrected chi connectivity index (χ2v) is 3.96. The standard InChI is InChI=1S/C13H15N3O2/c1-15(7-8-17)13(18)11-9-14-16(10-11)12-5-3-2-4-6-12/h2-6,9-10,17H,7-8H2,1H3. The zero-order valence-corrected chi connectivity index (χ0v) is 10.2. The fourth-order valence-corrected chi connectivity index (χ4v) is 1.63. The zero-order valence-electron chi connectivity index (χ0n) is 10.2. The summed E-state index contributed by atoms with van der Waals surface area (Å²) in [7, 11) is 1.65. The maximum atomic E-state index is 11.9. The Morgan fingerprint density at radius 2 is 2.11 bits per heavy atom. The van der Waals surface area contributed by atoms with E-state index in [-0.39, 0.29) is 12.5 Å². The van der Waals surface area contributed by atoms with Crippen LogP contribution in [0.25, 0.3) is 5.69 Å². The van der Waals surface area contributed by atoms with Gasteiger partial charge >= 0.3 is 0 Å². The SMILES string of the molecule is CN(CCO)C(=O)c1cnn(-c2ccccc2)c1. The Labute approximate surface area is 105 Å². The van der Waals surface area contributed by atoms with Gasteiger partial charge in [0.15, 0.2) is 0 Å². The monoisotopic (exact) mass is 245 g/mol. The fourth-order valence-electron chi connectivity index (χ4n) is 1.63. The molecular weight excluding hydrogens is 230 g/mol. The summed E-state index contributed by atoms with van der Waals surface area (Å²) in [6, 6.07) is 9.58. The first-order valence-electron chi connectivity index (χ1n) is 5.69. The lowest BCUT2D eigenvalue weighted by Crippen LogP contribution is -2.29. The highest BCUT2D eigenvalue weighted by molar-refractivity contribution is 5.93. The van der Waals surface area contributed by atoms with Crippen molar-refractivity contribution in [3.63, 3.8) is 0 Å². The van der Waals surface area contributed by atoms with E-state index < -0.39 is 0 Å². The molecule has 0 radical (unpaired) electrons. The summed E-state index contributed by atoms with van der Waals surface area (Å²) in [4.78, 5) is 13.4. The lowest BCUT2D eigenvalue weighted by molar-refractivity contribution is 0.0767. The van der Waals surface area contributed by atoms with Crippen LogP contribution in [0, 0.1) is 0 Å². The Morgan fingerprint density at radius 3 is 2.78 bits per heavy atom. The second kappa shape index (κ2) is 5.46. The third kappa shape index (κ3) is 2.57. The topological polar surface area (TPSA) is 58.4 Å². The van der Waals surface area contributed by atoms with Gasteiger partial charge in [0, 0.05) is 19.8 Å². The van der Waals surface area contributed by atoms with Gasteiger partial charge in [-0.25, -0.2) is 4.68 Å². The highest BCUT2D eigenvalue weighted by Crippen LogP contribution is 2.09. The minimum atomic E-state index is -0.147. The molecule has 2 rings (SSSR count). The highest BCUT2D eigenvalue weighted by Gasteiger charge is 2.13. The average molecular weight is 245 g/mol. The maximum Gasteiger partial charge on any atom is 0.256 e. The van der Waals surface area contributed by atoms with Crippen LogP contribution in [0.1, 0.15) is 10.4 Å². The number of hydrogen-bond donors (Lipinski definition) is 1. The molecule has 0 bridgehead atoms. The van der Waals surface area contributed by atoms with E-state index in [4.69, 9.17) is 5.11 Å². The van der Waals surface area contributed by atoms with Crippen molar-refractivity contribution in [1.82, 2.24) is 14.7 Å². The summed E-state index contributed by atoms with van der Waals surface area (Å²) in [5, 5.41) is 13.0. The summed E-state index contributed by atoms with van der Waals surface area (Å²) >= 11 is 0. The van der Waals surface area contributed by atoms with Crippen LogP contribution in [-0.2, 0) is 0 Å². The van der Waals surface area contributed by atoms with Gasteiger partial charge in [-0.1, -0.05) is 18.2 Å². The molecule has 1 aromatic heterocycles. The van der Waals surface area contributed by atoms with Crippen molar-refractivity contribution in [2.45, 2.75) is 0 Å². The summed E-state index contributed by atoms with van der Waals surface area (Å²) in [6.07, 6.45) is 3.22. The van der Waals surface area contributed by atoms with Crippen molar-refractivity contribution in [2.24, 2.45) is 0 Å². The largest absolute Gasteiger partial charge is 0.395 e. The first-order valence-corrected chi connectivity index (χ1v) is 5.69. The molecule has 0 saturated heterocycles. The molecule has 0 fully saturated rings. The molecule has 5 heteroatoms. The number of aliphatic hydroxyl groups is 1. The van der Waals surface area contributed by atoms with Gasteiger partial charge in [0.25, 0.3) is 5.91 Å². The van der Waals surface area contributed by atoms with E-state index in [9.17, 15) is 4.79 Å². The van der Waals surface area contributed by atoms with Crippen LogP contribution in [0.2, 0.25) is 0 Å². The molecule has 94 valence electrons. The molecule has 5 nitrogen and oxygen atoms in total. The molecule has 0 saturated carbocycles. The predicted molar refractivity (Wildman–Crippen MR) is 67.6 cm³/mol. The van der Waals surface area contributed by atoms with Crippen LogP contribution in [-0.4, -0.2) is 45.9 Å². The Morgan fingerprint density at radius 1 is 1.39 bits per heavy atom. The van der Waals surface area contributed by atoms with E-state index in [1.165, 1.54) is 11.1 Å². The lowest BCUT2D eigenvalue weighted by atomic mass is 10.3. The van der Waals surface area contributed by atoms with Crippen molar-refractivity contribution in [3.8, 4) is 5.69 Å². The van der Waals surface area contributed by atoms with Crippen LogP contribution < -0.4 is 0 Å². The Kier molecular flexibility index (Phi) is 3.74. The predicted octanol–water partition coefficient (Wildman–Crippen LogP) is 0.937. The van der Waals surface area contributed by atoms with Crippen molar-refractivity contribution in [2.75, 3.05) is 20.2 Å². The number of benzene rings is 1. The van der Waals surface area contributed by atoms with Crippen LogP contribution in [0.4, 0.5) is 0 Å². The summed E-state index contributed by atoms with van der Waals surface area (Å²) in [5.74, 6) is -0.147. The fraction of sp³-hybridized carbons (Fsp3) is 0.231. The molecule has 0 aliphatic carbocycles. The van der Waals surface area contributed by atoms with Gasteiger partial charge in [0.05, 0.1) is 24.1 Å². The summed E-state index contributed by atoms with van der Waals surface area (Å²) in [5.41, 5.74) is 1.41. The minimum absolute atomic E-state index is 0.0466. The third-order valence-corrected chi connectivity index (χ3v) is 2.63. The highest BCUT2D eigenvalue weighted by atomic mass is 16.3. The Balaban J connectivity index is 2.18. The first kappa shape index (κ1) is 12.3. The molecule has 1 aromatic carbocycles. The van der Waals surface area contributed by atoms with Gasteiger partial charge in [-0.3, -0.25) is 4.79 Å². The normalized spacial score (nSPS) is 10.3. The molecular formula is C13H15N3O2. The quantitative estimate of drug-likeness (QED) is 0.872. The molecule has 0 aliphatic heterocycles. The lowest BCUT2D eigenvalue weighted by Gasteiger charge is -2.13. The van der Waals surface area contributed by atoms with Gasteiger partial charge in [-0.2, -0.15) is 5.10 Å². The van der Waals surface area contributed by atoms with Crippen molar-refractivity contribution in [1.29, 1.82) is 0 Å². The van der Waals surface area contributed by atoms with Gasteiger partial charge in [0.1, 0.15) is 0 Å². The number of amides is 1. The van der Waals surface area contributed by atoms with E-state index in [1.807, 2.05) is 30.3 Å². The zero-order chi connectivity index (χ0) is 13.0. The van der Waals surface area contributed by atoms with E-state index >= 15 is 0 Å². The van der Waals surface area contributed by atoms with Crippen LogP contribution in [0.3, 0.4) is 0 Å². The number of aromatic nitrogens is 2.